The lowest BCUT2D eigenvalue weighted by Crippen LogP contribution is -2.36. The molecule has 0 spiro atoms. The van der Waals surface area contributed by atoms with Crippen molar-refractivity contribution in [2.75, 3.05) is 6.54 Å². The minimum Gasteiger partial charge on any atom is -0.349 e. The van der Waals surface area contributed by atoms with Crippen molar-refractivity contribution in [3.63, 3.8) is 0 Å². The molecular formula is C24H20F6N2O. The predicted molar refractivity (Wildman–Crippen MR) is 110 cm³/mol. The number of rotatable bonds is 2. The lowest BCUT2D eigenvalue weighted by atomic mass is 9.96. The van der Waals surface area contributed by atoms with E-state index in [0.717, 1.165) is 16.8 Å². The van der Waals surface area contributed by atoms with Crippen LogP contribution in [-0.4, -0.2) is 21.9 Å². The number of hydrogen-bond donors (Lipinski definition) is 0. The smallest absolute Gasteiger partial charge is 0.349 e. The monoisotopic (exact) mass is 466 g/mol. The highest BCUT2D eigenvalue weighted by Crippen LogP contribution is 2.38. The normalized spacial score (nSPS) is 16.9. The Morgan fingerprint density at radius 3 is 2.12 bits per heavy atom. The van der Waals surface area contributed by atoms with E-state index >= 15 is 0 Å². The second kappa shape index (κ2) is 8.28. The molecule has 0 saturated carbocycles. The molecule has 0 fully saturated rings. The second-order valence-electron chi connectivity index (χ2n) is 8.03. The molecule has 1 aromatic heterocycles. The number of aryl methyl sites for hydroxylation is 2. The van der Waals surface area contributed by atoms with Gasteiger partial charge >= 0.3 is 12.4 Å². The van der Waals surface area contributed by atoms with Crippen LogP contribution in [0.2, 0.25) is 0 Å². The van der Waals surface area contributed by atoms with Crippen molar-refractivity contribution in [1.29, 1.82) is 0 Å². The lowest BCUT2D eigenvalue weighted by molar-refractivity contribution is -0.143. The first-order valence-electron chi connectivity index (χ1n) is 10.3. The predicted octanol–water partition coefficient (Wildman–Crippen LogP) is 6.47. The summed E-state index contributed by atoms with van der Waals surface area (Å²) in [7, 11) is 0. The van der Waals surface area contributed by atoms with Gasteiger partial charge in [0.05, 0.1) is 17.2 Å². The number of benzene rings is 2. The largest absolute Gasteiger partial charge is 0.416 e. The van der Waals surface area contributed by atoms with Crippen molar-refractivity contribution in [1.82, 2.24) is 9.47 Å². The summed E-state index contributed by atoms with van der Waals surface area (Å²) in [5.74, 6) is -0.880. The molecule has 1 amide bonds. The van der Waals surface area contributed by atoms with Crippen LogP contribution >= 0.6 is 0 Å². The maximum absolute atomic E-state index is 13.5. The molecule has 2 aromatic carbocycles. The Hall–Kier alpha value is -3.23. The molecule has 3 nitrogen and oxygen atoms in total. The van der Waals surface area contributed by atoms with Crippen LogP contribution in [0.25, 0.3) is 0 Å². The molecule has 3 aromatic rings. The third-order valence-electron chi connectivity index (χ3n) is 5.83. The minimum absolute atomic E-state index is 0.0309. The Bertz CT molecular complexity index is 1150. The third-order valence-corrected chi connectivity index (χ3v) is 5.83. The number of alkyl halides is 6. The van der Waals surface area contributed by atoms with Gasteiger partial charge in [-0.2, -0.15) is 26.3 Å². The van der Waals surface area contributed by atoms with Gasteiger partial charge in [-0.1, -0.05) is 24.3 Å². The van der Waals surface area contributed by atoms with Crippen LogP contribution < -0.4 is 0 Å². The summed E-state index contributed by atoms with van der Waals surface area (Å²) in [5, 5.41) is 0. The van der Waals surface area contributed by atoms with Crippen LogP contribution in [0.15, 0.2) is 60.8 Å². The van der Waals surface area contributed by atoms with Crippen LogP contribution in [0.3, 0.4) is 0 Å². The fourth-order valence-corrected chi connectivity index (χ4v) is 4.26. The number of aromatic nitrogens is 1. The fourth-order valence-electron chi connectivity index (χ4n) is 4.26. The molecule has 0 radical (unpaired) electrons. The number of nitrogens with zero attached hydrogens (tertiary/aromatic N) is 2. The Labute approximate surface area is 186 Å². The quantitative estimate of drug-likeness (QED) is 0.398. The molecule has 0 aliphatic carbocycles. The first-order valence-corrected chi connectivity index (χ1v) is 10.3. The van der Waals surface area contributed by atoms with Gasteiger partial charge < -0.3 is 9.47 Å². The SMILES string of the molecule is Cc1ccccc1C1c2cccn2CCCN1C(=O)c1cc(C(F)(F)F)cc(C(F)(F)F)c1. The van der Waals surface area contributed by atoms with Crippen molar-refractivity contribution >= 4 is 5.91 Å². The lowest BCUT2D eigenvalue weighted by Gasteiger charge is -2.32. The fraction of sp³-hybridized carbons (Fsp3) is 0.292. The van der Waals surface area contributed by atoms with E-state index in [0.29, 0.717) is 25.1 Å². The molecule has 2 heterocycles. The number of amides is 1. The van der Waals surface area contributed by atoms with E-state index in [4.69, 9.17) is 0 Å². The molecule has 0 saturated heterocycles. The third kappa shape index (κ3) is 4.49. The summed E-state index contributed by atoms with van der Waals surface area (Å²) in [4.78, 5) is 14.9. The summed E-state index contributed by atoms with van der Waals surface area (Å²) >= 11 is 0. The molecule has 174 valence electrons. The maximum Gasteiger partial charge on any atom is 0.416 e. The van der Waals surface area contributed by atoms with Gasteiger partial charge in [0.2, 0.25) is 0 Å². The summed E-state index contributed by atoms with van der Waals surface area (Å²) in [6, 6.07) is 11.3. The first kappa shape index (κ1) is 22.9. The van der Waals surface area contributed by atoms with E-state index < -0.39 is 41.0 Å². The van der Waals surface area contributed by atoms with Gasteiger partial charge in [-0.15, -0.1) is 0 Å². The summed E-state index contributed by atoms with van der Waals surface area (Å²) < 4.78 is 82.1. The van der Waals surface area contributed by atoms with E-state index in [1.165, 1.54) is 4.90 Å². The Morgan fingerprint density at radius 1 is 0.879 bits per heavy atom. The van der Waals surface area contributed by atoms with Crippen molar-refractivity contribution < 1.29 is 31.1 Å². The molecule has 1 atom stereocenters. The zero-order valence-electron chi connectivity index (χ0n) is 17.5. The van der Waals surface area contributed by atoms with E-state index in [9.17, 15) is 31.1 Å². The Morgan fingerprint density at radius 2 is 1.52 bits per heavy atom. The summed E-state index contributed by atoms with van der Waals surface area (Å²) in [6.45, 7) is 2.60. The molecule has 0 bridgehead atoms. The van der Waals surface area contributed by atoms with Gasteiger partial charge in [0.15, 0.2) is 0 Å². The van der Waals surface area contributed by atoms with Crippen molar-refractivity contribution in [2.45, 2.75) is 38.3 Å². The number of carbonyl (C=O) groups excluding carboxylic acids is 1. The van der Waals surface area contributed by atoms with Gasteiger partial charge in [-0.25, -0.2) is 0 Å². The summed E-state index contributed by atoms with van der Waals surface area (Å²) in [5.41, 5.74) is -1.29. The molecule has 0 N–H and O–H groups in total. The average Bonchev–Trinajstić information content (AvgIpc) is 3.12. The number of carbonyl (C=O) groups is 1. The van der Waals surface area contributed by atoms with Crippen LogP contribution in [0.4, 0.5) is 26.3 Å². The number of hydrogen-bond acceptors (Lipinski definition) is 1. The molecule has 33 heavy (non-hydrogen) atoms. The zero-order chi connectivity index (χ0) is 24.0. The summed E-state index contributed by atoms with van der Waals surface area (Å²) in [6.07, 6.45) is -7.71. The van der Waals surface area contributed by atoms with Gasteiger partial charge in [0.25, 0.3) is 5.91 Å². The van der Waals surface area contributed by atoms with Crippen LogP contribution in [0, 0.1) is 6.92 Å². The van der Waals surface area contributed by atoms with E-state index in [2.05, 4.69) is 0 Å². The molecule has 1 aliphatic rings. The van der Waals surface area contributed by atoms with Gasteiger partial charge in [0, 0.05) is 30.5 Å². The van der Waals surface area contributed by atoms with Gasteiger partial charge in [0.1, 0.15) is 0 Å². The number of halogens is 6. The van der Waals surface area contributed by atoms with Crippen molar-refractivity contribution in [3.05, 3.63) is 94.3 Å². The van der Waals surface area contributed by atoms with E-state index in [1.54, 1.807) is 12.1 Å². The van der Waals surface area contributed by atoms with Crippen molar-refractivity contribution in [3.8, 4) is 0 Å². The van der Waals surface area contributed by atoms with Crippen LogP contribution in [-0.2, 0) is 18.9 Å². The molecule has 9 heteroatoms. The van der Waals surface area contributed by atoms with E-state index in [-0.39, 0.29) is 12.6 Å². The molecule has 4 rings (SSSR count). The van der Waals surface area contributed by atoms with Crippen molar-refractivity contribution in [2.24, 2.45) is 0 Å². The van der Waals surface area contributed by atoms with E-state index in [1.807, 2.05) is 42.0 Å². The van der Waals surface area contributed by atoms with Gasteiger partial charge in [-0.3, -0.25) is 4.79 Å². The van der Waals surface area contributed by atoms with Crippen LogP contribution in [0.5, 0.6) is 0 Å². The highest BCUT2D eigenvalue weighted by molar-refractivity contribution is 5.95. The van der Waals surface area contributed by atoms with Gasteiger partial charge in [-0.05, 0) is 54.8 Å². The zero-order valence-corrected chi connectivity index (χ0v) is 17.5. The maximum atomic E-state index is 13.5. The highest BCUT2D eigenvalue weighted by Gasteiger charge is 2.39. The molecule has 1 aliphatic heterocycles. The second-order valence-corrected chi connectivity index (χ2v) is 8.03. The standard InChI is InChI=1S/C24H20F6N2O/c1-15-6-2-3-7-19(15)21-20-8-4-9-31(20)10-5-11-32(21)22(33)16-12-17(23(25,26)27)14-18(13-16)24(28,29)30/h2-4,6-9,12-14,21H,5,10-11H2,1H3. The topological polar surface area (TPSA) is 25.2 Å². The minimum atomic E-state index is -5.03. The Balaban J connectivity index is 1.87. The number of fused-ring (bicyclic) bond motifs is 1. The Kier molecular flexibility index (Phi) is 5.76. The first-order chi connectivity index (χ1) is 15.5. The average molecular weight is 466 g/mol. The molecular weight excluding hydrogens is 446 g/mol. The highest BCUT2D eigenvalue weighted by atomic mass is 19.4. The van der Waals surface area contributed by atoms with Crippen LogP contribution in [0.1, 0.15) is 50.8 Å². The molecule has 1 unspecified atom stereocenters.